The first-order chi connectivity index (χ1) is 10.2. The van der Waals surface area contributed by atoms with Gasteiger partial charge in [-0.25, -0.2) is 0 Å². The maximum absolute atomic E-state index is 11.3. The fourth-order valence-electron chi connectivity index (χ4n) is 2.49. The molecule has 1 amide bonds. The molecule has 3 heterocycles. The molecule has 0 spiro atoms. The summed E-state index contributed by atoms with van der Waals surface area (Å²) in [7, 11) is 0. The average molecular weight is 286 g/mol. The molecule has 2 aromatic heterocycles. The van der Waals surface area contributed by atoms with Crippen LogP contribution in [0.25, 0.3) is 11.4 Å². The van der Waals surface area contributed by atoms with Crippen LogP contribution < -0.4 is 4.74 Å². The van der Waals surface area contributed by atoms with Crippen molar-refractivity contribution >= 4 is 5.91 Å². The molecule has 0 saturated carbocycles. The average Bonchev–Trinajstić information content (AvgIpc) is 3.17. The van der Waals surface area contributed by atoms with E-state index < -0.39 is 0 Å². The van der Waals surface area contributed by atoms with Crippen LogP contribution in [-0.4, -0.2) is 45.7 Å². The summed E-state index contributed by atoms with van der Waals surface area (Å²) in [6.07, 6.45) is 4.41. The predicted octanol–water partition coefficient (Wildman–Crippen LogP) is 1.72. The molecule has 1 aliphatic rings. The lowest BCUT2D eigenvalue weighted by atomic mass is 10.1. The van der Waals surface area contributed by atoms with Crippen LogP contribution in [0.3, 0.4) is 0 Å². The molecule has 21 heavy (non-hydrogen) atoms. The minimum absolute atomic E-state index is 0.142. The molecular weight excluding hydrogens is 268 g/mol. The molecule has 1 aliphatic heterocycles. The number of ether oxygens (including phenoxy) is 1. The SMILES string of the molecule is CC(=O)N1CC[C@@H](COc2ccc(-c3ccn[nH]3)nc2)C1. The molecule has 0 unspecified atom stereocenters. The van der Waals surface area contributed by atoms with Gasteiger partial charge < -0.3 is 9.64 Å². The summed E-state index contributed by atoms with van der Waals surface area (Å²) < 4.78 is 5.76. The molecule has 1 fully saturated rings. The number of nitrogens with one attached hydrogen (secondary N) is 1. The number of aromatic amines is 1. The van der Waals surface area contributed by atoms with Crippen molar-refractivity contribution in [2.45, 2.75) is 13.3 Å². The molecule has 0 radical (unpaired) electrons. The second-order valence-electron chi connectivity index (χ2n) is 5.28. The summed E-state index contributed by atoms with van der Waals surface area (Å²) >= 11 is 0. The van der Waals surface area contributed by atoms with Crippen LogP contribution in [0.1, 0.15) is 13.3 Å². The van der Waals surface area contributed by atoms with Crippen LogP contribution in [0.2, 0.25) is 0 Å². The molecule has 1 atom stereocenters. The highest BCUT2D eigenvalue weighted by Crippen LogP contribution is 2.20. The minimum Gasteiger partial charge on any atom is -0.492 e. The molecule has 0 aliphatic carbocycles. The zero-order chi connectivity index (χ0) is 14.7. The smallest absolute Gasteiger partial charge is 0.219 e. The van der Waals surface area contributed by atoms with E-state index in [4.69, 9.17) is 4.74 Å². The van der Waals surface area contributed by atoms with E-state index in [2.05, 4.69) is 15.2 Å². The van der Waals surface area contributed by atoms with Gasteiger partial charge in [-0.15, -0.1) is 0 Å². The Morgan fingerprint density at radius 1 is 1.48 bits per heavy atom. The fourth-order valence-corrected chi connectivity index (χ4v) is 2.49. The second kappa shape index (κ2) is 5.95. The van der Waals surface area contributed by atoms with Crippen LogP contribution in [0.5, 0.6) is 5.75 Å². The van der Waals surface area contributed by atoms with Gasteiger partial charge in [-0.2, -0.15) is 5.10 Å². The van der Waals surface area contributed by atoms with E-state index in [1.54, 1.807) is 19.3 Å². The highest BCUT2D eigenvalue weighted by molar-refractivity contribution is 5.73. The lowest BCUT2D eigenvalue weighted by Gasteiger charge is -2.14. The Bertz CT molecular complexity index is 595. The van der Waals surface area contributed by atoms with E-state index in [9.17, 15) is 4.79 Å². The zero-order valence-electron chi connectivity index (χ0n) is 12.0. The summed E-state index contributed by atoms with van der Waals surface area (Å²) in [5, 5.41) is 6.78. The zero-order valence-corrected chi connectivity index (χ0v) is 12.0. The van der Waals surface area contributed by atoms with E-state index in [0.29, 0.717) is 12.5 Å². The first-order valence-electron chi connectivity index (χ1n) is 7.06. The third-order valence-electron chi connectivity index (χ3n) is 3.73. The van der Waals surface area contributed by atoms with Crippen molar-refractivity contribution in [3.05, 3.63) is 30.6 Å². The van der Waals surface area contributed by atoms with Crippen LogP contribution in [0, 0.1) is 5.92 Å². The number of nitrogens with zero attached hydrogens (tertiary/aromatic N) is 3. The molecule has 0 bridgehead atoms. The lowest BCUT2D eigenvalue weighted by Crippen LogP contribution is -2.26. The molecule has 1 saturated heterocycles. The van der Waals surface area contributed by atoms with E-state index in [-0.39, 0.29) is 5.91 Å². The Morgan fingerprint density at radius 3 is 3.00 bits per heavy atom. The van der Waals surface area contributed by atoms with Crippen molar-refractivity contribution in [1.82, 2.24) is 20.1 Å². The van der Waals surface area contributed by atoms with Crippen molar-refractivity contribution in [3.63, 3.8) is 0 Å². The van der Waals surface area contributed by atoms with Crippen molar-refractivity contribution in [2.75, 3.05) is 19.7 Å². The van der Waals surface area contributed by atoms with Gasteiger partial charge in [-0.1, -0.05) is 0 Å². The molecule has 0 aromatic carbocycles. The topological polar surface area (TPSA) is 71.1 Å². The molecule has 3 rings (SSSR count). The molecule has 2 aromatic rings. The molecule has 6 heteroatoms. The molecule has 6 nitrogen and oxygen atoms in total. The van der Waals surface area contributed by atoms with Gasteiger partial charge >= 0.3 is 0 Å². The van der Waals surface area contributed by atoms with Crippen LogP contribution in [0.4, 0.5) is 0 Å². The number of amides is 1. The number of hydrogen-bond donors (Lipinski definition) is 1. The van der Waals surface area contributed by atoms with E-state index in [1.807, 2.05) is 23.1 Å². The summed E-state index contributed by atoms with van der Waals surface area (Å²) in [5.74, 6) is 1.30. The fraction of sp³-hybridized carbons (Fsp3) is 0.400. The Morgan fingerprint density at radius 2 is 2.38 bits per heavy atom. The van der Waals surface area contributed by atoms with E-state index in [0.717, 1.165) is 36.6 Å². The van der Waals surface area contributed by atoms with E-state index in [1.165, 1.54) is 0 Å². The maximum Gasteiger partial charge on any atom is 0.219 e. The van der Waals surface area contributed by atoms with Crippen molar-refractivity contribution in [2.24, 2.45) is 5.92 Å². The first-order valence-corrected chi connectivity index (χ1v) is 7.06. The predicted molar refractivity (Wildman–Crippen MR) is 77.7 cm³/mol. The number of hydrogen-bond acceptors (Lipinski definition) is 4. The third kappa shape index (κ3) is 3.21. The highest BCUT2D eigenvalue weighted by Gasteiger charge is 2.24. The summed E-state index contributed by atoms with van der Waals surface area (Å²) in [4.78, 5) is 17.5. The summed E-state index contributed by atoms with van der Waals surface area (Å²) in [6, 6.07) is 5.68. The van der Waals surface area contributed by atoms with Crippen molar-refractivity contribution < 1.29 is 9.53 Å². The van der Waals surface area contributed by atoms with Gasteiger partial charge in [-0.3, -0.25) is 14.9 Å². The Balaban J connectivity index is 1.53. The number of rotatable bonds is 4. The number of carbonyl (C=O) groups is 1. The van der Waals surface area contributed by atoms with Gasteiger partial charge in [0.1, 0.15) is 5.75 Å². The lowest BCUT2D eigenvalue weighted by molar-refractivity contribution is -0.127. The summed E-state index contributed by atoms with van der Waals surface area (Å²) in [6.45, 7) is 3.85. The second-order valence-corrected chi connectivity index (χ2v) is 5.28. The van der Waals surface area contributed by atoms with Gasteiger partial charge in [0.05, 0.1) is 24.2 Å². The molecule has 110 valence electrons. The third-order valence-corrected chi connectivity index (χ3v) is 3.73. The number of H-pyrrole nitrogens is 1. The van der Waals surface area contributed by atoms with Crippen LogP contribution in [-0.2, 0) is 4.79 Å². The molecule has 1 N–H and O–H groups in total. The van der Waals surface area contributed by atoms with Crippen LogP contribution in [0.15, 0.2) is 30.6 Å². The number of aromatic nitrogens is 3. The minimum atomic E-state index is 0.142. The first kappa shape index (κ1) is 13.6. The maximum atomic E-state index is 11.3. The largest absolute Gasteiger partial charge is 0.492 e. The monoisotopic (exact) mass is 286 g/mol. The Kier molecular flexibility index (Phi) is 3.85. The highest BCUT2D eigenvalue weighted by atomic mass is 16.5. The van der Waals surface area contributed by atoms with Crippen molar-refractivity contribution in [1.29, 1.82) is 0 Å². The Hall–Kier alpha value is -2.37. The number of pyridine rings is 1. The van der Waals surface area contributed by atoms with E-state index >= 15 is 0 Å². The van der Waals surface area contributed by atoms with Gasteiger partial charge in [0.25, 0.3) is 0 Å². The quantitative estimate of drug-likeness (QED) is 0.929. The standard InChI is InChI=1S/C15H18N4O2/c1-11(20)19-7-5-12(9-19)10-21-13-2-3-14(16-8-13)15-4-6-17-18-15/h2-4,6,8,12H,5,7,9-10H2,1H3,(H,17,18)/t12-/m1/s1. The van der Waals surface area contributed by atoms with Crippen LogP contribution >= 0.6 is 0 Å². The number of likely N-dealkylation sites (tertiary alicyclic amines) is 1. The van der Waals surface area contributed by atoms with Gasteiger partial charge in [0, 0.05) is 32.1 Å². The number of carbonyl (C=O) groups excluding carboxylic acids is 1. The van der Waals surface area contributed by atoms with Gasteiger partial charge in [0.15, 0.2) is 0 Å². The normalized spacial score (nSPS) is 18.0. The van der Waals surface area contributed by atoms with Crippen molar-refractivity contribution in [3.8, 4) is 17.1 Å². The summed E-state index contributed by atoms with van der Waals surface area (Å²) in [5.41, 5.74) is 1.72. The van der Waals surface area contributed by atoms with Gasteiger partial charge in [-0.05, 0) is 24.6 Å². The molecular formula is C15H18N4O2. The van der Waals surface area contributed by atoms with Gasteiger partial charge in [0.2, 0.25) is 5.91 Å². The Labute approximate surface area is 123 Å².